The summed E-state index contributed by atoms with van der Waals surface area (Å²) >= 11 is 0. The molecule has 0 saturated carbocycles. The smallest absolute Gasteiger partial charge is 0.123 e. The second-order valence-corrected chi connectivity index (χ2v) is 4.71. The van der Waals surface area contributed by atoms with Gasteiger partial charge >= 0.3 is 0 Å². The molecule has 0 aliphatic heterocycles. The first-order chi connectivity index (χ1) is 7.48. The van der Waals surface area contributed by atoms with Gasteiger partial charge in [0.2, 0.25) is 0 Å². The molecule has 0 atom stereocenters. The summed E-state index contributed by atoms with van der Waals surface area (Å²) in [6, 6.07) is 6.09. The Morgan fingerprint density at radius 3 is 2.62 bits per heavy atom. The number of aliphatic hydroxyl groups is 1. The van der Waals surface area contributed by atoms with Gasteiger partial charge in [-0.1, -0.05) is 17.7 Å². The molecular formula is C13H21NO2. The van der Waals surface area contributed by atoms with Crippen LogP contribution in [-0.4, -0.2) is 24.4 Å². The molecule has 0 aliphatic rings. The number of aryl methyl sites for hydroxylation is 1. The maximum Gasteiger partial charge on any atom is 0.123 e. The molecule has 16 heavy (non-hydrogen) atoms. The number of benzene rings is 1. The molecule has 1 aromatic rings. The Balaban J connectivity index is 2.76. The lowest BCUT2D eigenvalue weighted by atomic mass is 10.1. The summed E-state index contributed by atoms with van der Waals surface area (Å²) in [7, 11) is 1.67. The van der Waals surface area contributed by atoms with E-state index in [2.05, 4.69) is 18.3 Å². The van der Waals surface area contributed by atoms with Crippen LogP contribution in [0.2, 0.25) is 0 Å². The van der Waals surface area contributed by atoms with Crippen molar-refractivity contribution < 1.29 is 9.84 Å². The maximum absolute atomic E-state index is 9.16. The SMILES string of the molecule is COc1ccc(C)cc1CNC(C)(C)CO. The van der Waals surface area contributed by atoms with Crippen molar-refractivity contribution in [1.82, 2.24) is 5.32 Å². The van der Waals surface area contributed by atoms with Crippen LogP contribution in [0.1, 0.15) is 25.0 Å². The predicted molar refractivity (Wildman–Crippen MR) is 65.7 cm³/mol. The van der Waals surface area contributed by atoms with Crippen LogP contribution in [0.3, 0.4) is 0 Å². The van der Waals surface area contributed by atoms with Gasteiger partial charge in [0.25, 0.3) is 0 Å². The van der Waals surface area contributed by atoms with Crippen LogP contribution in [0.4, 0.5) is 0 Å². The van der Waals surface area contributed by atoms with Crippen molar-refractivity contribution >= 4 is 0 Å². The minimum absolute atomic E-state index is 0.112. The zero-order valence-corrected chi connectivity index (χ0v) is 10.5. The summed E-state index contributed by atoms with van der Waals surface area (Å²) in [5.74, 6) is 0.881. The van der Waals surface area contributed by atoms with Crippen molar-refractivity contribution in [3.63, 3.8) is 0 Å². The van der Waals surface area contributed by atoms with Crippen LogP contribution >= 0.6 is 0 Å². The standard InChI is InChI=1S/C13H21NO2/c1-10-5-6-12(16-4)11(7-10)8-14-13(2,3)9-15/h5-7,14-15H,8-9H2,1-4H3. The average molecular weight is 223 g/mol. The molecule has 0 spiro atoms. The fraction of sp³-hybridized carbons (Fsp3) is 0.538. The first-order valence-corrected chi connectivity index (χ1v) is 5.48. The second kappa shape index (κ2) is 5.32. The Bertz CT molecular complexity index is 348. The van der Waals surface area contributed by atoms with Crippen molar-refractivity contribution in [2.45, 2.75) is 32.9 Å². The van der Waals surface area contributed by atoms with E-state index in [1.54, 1.807) is 7.11 Å². The topological polar surface area (TPSA) is 41.5 Å². The molecule has 0 heterocycles. The van der Waals surface area contributed by atoms with Crippen LogP contribution in [0, 0.1) is 6.92 Å². The molecule has 90 valence electrons. The third-order valence-electron chi connectivity index (χ3n) is 2.59. The second-order valence-electron chi connectivity index (χ2n) is 4.71. The van der Waals surface area contributed by atoms with Crippen molar-refractivity contribution in [2.24, 2.45) is 0 Å². The van der Waals surface area contributed by atoms with Gasteiger partial charge in [-0.25, -0.2) is 0 Å². The zero-order chi connectivity index (χ0) is 12.2. The zero-order valence-electron chi connectivity index (χ0n) is 10.5. The molecule has 0 amide bonds. The van der Waals surface area contributed by atoms with E-state index in [4.69, 9.17) is 9.84 Å². The van der Waals surface area contributed by atoms with E-state index in [0.29, 0.717) is 6.54 Å². The molecule has 2 N–H and O–H groups in total. The van der Waals surface area contributed by atoms with Crippen LogP contribution in [0.15, 0.2) is 18.2 Å². The molecule has 3 heteroatoms. The highest BCUT2D eigenvalue weighted by molar-refractivity contribution is 5.36. The summed E-state index contributed by atoms with van der Waals surface area (Å²) in [6.07, 6.45) is 0. The number of hydrogen-bond donors (Lipinski definition) is 2. The van der Waals surface area contributed by atoms with E-state index in [9.17, 15) is 0 Å². The Hall–Kier alpha value is -1.06. The lowest BCUT2D eigenvalue weighted by Gasteiger charge is -2.24. The number of methoxy groups -OCH3 is 1. The van der Waals surface area contributed by atoms with Gasteiger partial charge in [-0.2, -0.15) is 0 Å². The Kier molecular flexibility index (Phi) is 4.33. The summed E-state index contributed by atoms with van der Waals surface area (Å²) in [4.78, 5) is 0. The molecule has 0 radical (unpaired) electrons. The molecular weight excluding hydrogens is 202 g/mol. The van der Waals surface area contributed by atoms with Gasteiger partial charge in [0.1, 0.15) is 5.75 Å². The van der Waals surface area contributed by atoms with Crippen molar-refractivity contribution in [3.8, 4) is 5.75 Å². The molecule has 0 aliphatic carbocycles. The summed E-state index contributed by atoms with van der Waals surface area (Å²) in [5.41, 5.74) is 2.05. The number of ether oxygens (including phenoxy) is 1. The highest BCUT2D eigenvalue weighted by Crippen LogP contribution is 2.20. The van der Waals surface area contributed by atoms with Crippen molar-refractivity contribution in [2.75, 3.05) is 13.7 Å². The predicted octanol–water partition coefficient (Wildman–Crippen LogP) is 1.86. The first kappa shape index (κ1) is 13.0. The molecule has 3 nitrogen and oxygen atoms in total. The van der Waals surface area contributed by atoms with E-state index in [0.717, 1.165) is 11.3 Å². The lowest BCUT2D eigenvalue weighted by Crippen LogP contribution is -2.42. The van der Waals surface area contributed by atoms with E-state index >= 15 is 0 Å². The van der Waals surface area contributed by atoms with E-state index in [1.807, 2.05) is 26.0 Å². The monoisotopic (exact) mass is 223 g/mol. The largest absolute Gasteiger partial charge is 0.496 e. The molecule has 1 rings (SSSR count). The number of nitrogens with one attached hydrogen (secondary N) is 1. The summed E-state index contributed by atoms with van der Waals surface area (Å²) < 4.78 is 5.30. The Labute approximate surface area is 97.4 Å². The minimum Gasteiger partial charge on any atom is -0.496 e. The molecule has 0 bridgehead atoms. The number of rotatable bonds is 5. The van der Waals surface area contributed by atoms with E-state index in [-0.39, 0.29) is 12.1 Å². The normalized spacial score (nSPS) is 11.6. The Morgan fingerprint density at radius 1 is 1.38 bits per heavy atom. The summed E-state index contributed by atoms with van der Waals surface area (Å²) in [6.45, 7) is 6.80. The van der Waals surface area contributed by atoms with Crippen LogP contribution in [0.25, 0.3) is 0 Å². The molecule has 0 fully saturated rings. The van der Waals surface area contributed by atoms with Crippen molar-refractivity contribution in [3.05, 3.63) is 29.3 Å². The molecule has 0 saturated heterocycles. The summed E-state index contributed by atoms with van der Waals surface area (Å²) in [5, 5.41) is 12.5. The van der Waals surface area contributed by atoms with Crippen molar-refractivity contribution in [1.29, 1.82) is 0 Å². The van der Waals surface area contributed by atoms with Crippen LogP contribution in [0.5, 0.6) is 5.75 Å². The van der Waals surface area contributed by atoms with E-state index in [1.165, 1.54) is 5.56 Å². The lowest BCUT2D eigenvalue weighted by molar-refractivity contribution is 0.187. The van der Waals surface area contributed by atoms with Gasteiger partial charge in [0, 0.05) is 17.6 Å². The van der Waals surface area contributed by atoms with Gasteiger partial charge in [0.05, 0.1) is 13.7 Å². The van der Waals surface area contributed by atoms with Gasteiger partial charge in [0.15, 0.2) is 0 Å². The van der Waals surface area contributed by atoms with Crippen LogP contribution in [-0.2, 0) is 6.54 Å². The van der Waals surface area contributed by atoms with Crippen LogP contribution < -0.4 is 10.1 Å². The third-order valence-corrected chi connectivity index (χ3v) is 2.59. The fourth-order valence-corrected chi connectivity index (χ4v) is 1.44. The quantitative estimate of drug-likeness (QED) is 0.800. The Morgan fingerprint density at radius 2 is 2.06 bits per heavy atom. The highest BCUT2D eigenvalue weighted by atomic mass is 16.5. The van der Waals surface area contributed by atoms with Gasteiger partial charge in [-0.15, -0.1) is 0 Å². The third kappa shape index (κ3) is 3.51. The molecule has 1 aromatic carbocycles. The number of hydrogen-bond acceptors (Lipinski definition) is 3. The highest BCUT2D eigenvalue weighted by Gasteiger charge is 2.15. The van der Waals surface area contributed by atoms with Gasteiger partial charge in [-0.05, 0) is 26.8 Å². The fourth-order valence-electron chi connectivity index (χ4n) is 1.44. The molecule has 0 unspecified atom stereocenters. The molecule has 0 aromatic heterocycles. The van der Waals surface area contributed by atoms with E-state index < -0.39 is 0 Å². The maximum atomic E-state index is 9.16. The average Bonchev–Trinajstić information content (AvgIpc) is 2.27. The first-order valence-electron chi connectivity index (χ1n) is 5.48. The van der Waals surface area contributed by atoms with Gasteiger partial charge < -0.3 is 15.2 Å². The number of aliphatic hydroxyl groups excluding tert-OH is 1. The van der Waals surface area contributed by atoms with Gasteiger partial charge in [-0.3, -0.25) is 0 Å². The minimum atomic E-state index is -0.269.